The number of hydrogen-bond donors (Lipinski definition) is 1. The lowest BCUT2D eigenvalue weighted by Gasteiger charge is -2.09. The van der Waals surface area contributed by atoms with Gasteiger partial charge in [-0.25, -0.2) is 4.99 Å². The van der Waals surface area contributed by atoms with Gasteiger partial charge in [0.15, 0.2) is 0 Å². The number of aromatic nitrogens is 1. The van der Waals surface area contributed by atoms with Crippen LogP contribution in [0.4, 0.5) is 5.69 Å². The number of hydrogen-bond acceptors (Lipinski definition) is 1. The Morgan fingerprint density at radius 2 is 1.90 bits per heavy atom. The van der Waals surface area contributed by atoms with Crippen LogP contribution >= 0.6 is 0 Å². The molecule has 0 saturated heterocycles. The van der Waals surface area contributed by atoms with E-state index in [4.69, 9.17) is 4.99 Å². The zero-order chi connectivity index (χ0) is 13.1. The van der Waals surface area contributed by atoms with E-state index in [0.717, 1.165) is 24.2 Å². The number of para-hydroxylation sites is 1. The third-order valence-electron chi connectivity index (χ3n) is 4.31. The highest BCUT2D eigenvalue weighted by molar-refractivity contribution is 6.35. The van der Waals surface area contributed by atoms with Crippen LogP contribution in [0.15, 0.2) is 47.5 Å². The molecular weight excluding hydrogens is 244 g/mol. The molecule has 0 amide bonds. The molecule has 20 heavy (non-hydrogen) atoms. The fourth-order valence-electron chi connectivity index (χ4n) is 3.37. The van der Waals surface area contributed by atoms with Gasteiger partial charge in [-0.05, 0) is 18.9 Å². The summed E-state index contributed by atoms with van der Waals surface area (Å²) in [7, 11) is 0. The highest BCUT2D eigenvalue weighted by atomic mass is 14.8. The minimum absolute atomic E-state index is 1.10. The molecule has 0 fully saturated rings. The summed E-state index contributed by atoms with van der Waals surface area (Å²) < 4.78 is 0. The Morgan fingerprint density at radius 3 is 2.90 bits per heavy atom. The largest absolute Gasteiger partial charge is 0.353 e. The molecule has 1 N–H and O–H groups in total. The molecule has 1 aliphatic heterocycles. The van der Waals surface area contributed by atoms with E-state index >= 15 is 0 Å². The molecule has 0 unspecified atom stereocenters. The standard InChI is InChI=1S/C18H13N2/c1-3-7-15-11(5-1)13-9-10-14-12-6-2-4-8-16(12)20-18(14)17(13)19-15/h1,3,5-10,19H,2,4H2. The van der Waals surface area contributed by atoms with E-state index in [2.05, 4.69) is 53.9 Å². The molecule has 5 rings (SSSR count). The van der Waals surface area contributed by atoms with Crippen LogP contribution in [0, 0.1) is 6.42 Å². The first kappa shape index (κ1) is 10.4. The predicted octanol–water partition coefficient (Wildman–Crippen LogP) is 4.79. The van der Waals surface area contributed by atoms with Gasteiger partial charge in [0.05, 0.1) is 16.9 Å². The van der Waals surface area contributed by atoms with Gasteiger partial charge >= 0.3 is 0 Å². The Bertz CT molecular complexity index is 925. The summed E-state index contributed by atoms with van der Waals surface area (Å²) in [5.41, 5.74) is 7.20. The maximum Gasteiger partial charge on any atom is 0.0953 e. The molecule has 0 bridgehead atoms. The lowest BCUT2D eigenvalue weighted by molar-refractivity contribution is 1.01. The van der Waals surface area contributed by atoms with E-state index < -0.39 is 0 Å². The SMILES string of the molecule is [CH]1CCC=C2C1=Nc1c2ccc2c1[nH]c1ccccc12. The van der Waals surface area contributed by atoms with Gasteiger partial charge in [0.2, 0.25) is 0 Å². The first-order valence-electron chi connectivity index (χ1n) is 7.08. The number of fused-ring (bicyclic) bond motifs is 7. The van der Waals surface area contributed by atoms with E-state index in [-0.39, 0.29) is 0 Å². The average Bonchev–Trinajstić information content (AvgIpc) is 3.05. The Morgan fingerprint density at radius 1 is 0.950 bits per heavy atom. The second-order valence-electron chi connectivity index (χ2n) is 5.45. The Labute approximate surface area is 116 Å². The third kappa shape index (κ3) is 1.21. The topological polar surface area (TPSA) is 28.1 Å². The number of benzene rings is 2. The summed E-state index contributed by atoms with van der Waals surface area (Å²) in [5.74, 6) is 0. The lowest BCUT2D eigenvalue weighted by Crippen LogP contribution is -2.02. The number of aromatic amines is 1. The monoisotopic (exact) mass is 257 g/mol. The van der Waals surface area contributed by atoms with Gasteiger partial charge in [0.25, 0.3) is 0 Å². The summed E-state index contributed by atoms with van der Waals surface area (Å²) in [4.78, 5) is 8.40. The van der Waals surface area contributed by atoms with Gasteiger partial charge in [0.1, 0.15) is 0 Å². The van der Waals surface area contributed by atoms with Crippen molar-refractivity contribution >= 4 is 38.8 Å². The molecule has 1 aliphatic carbocycles. The molecule has 0 saturated carbocycles. The Kier molecular flexibility index (Phi) is 1.88. The first-order chi connectivity index (χ1) is 9.92. The van der Waals surface area contributed by atoms with Gasteiger partial charge in [0, 0.05) is 33.8 Å². The molecule has 0 atom stereocenters. The second kappa shape index (κ2) is 3.60. The van der Waals surface area contributed by atoms with Crippen molar-refractivity contribution in [3.8, 4) is 0 Å². The average molecular weight is 257 g/mol. The highest BCUT2D eigenvalue weighted by Crippen LogP contribution is 2.44. The van der Waals surface area contributed by atoms with Crippen LogP contribution in [0.25, 0.3) is 27.4 Å². The number of rotatable bonds is 0. The molecule has 2 heterocycles. The van der Waals surface area contributed by atoms with Crippen molar-refractivity contribution in [1.29, 1.82) is 0 Å². The molecule has 2 aliphatic rings. The van der Waals surface area contributed by atoms with Crippen LogP contribution in [0.1, 0.15) is 18.4 Å². The molecule has 2 aromatic carbocycles. The van der Waals surface area contributed by atoms with Crippen molar-refractivity contribution in [1.82, 2.24) is 4.98 Å². The van der Waals surface area contributed by atoms with Crippen LogP contribution in [-0.4, -0.2) is 10.7 Å². The Hall–Kier alpha value is -2.35. The summed E-state index contributed by atoms with van der Waals surface area (Å²) in [6.07, 6.45) is 6.80. The summed E-state index contributed by atoms with van der Waals surface area (Å²) in [6, 6.07) is 12.9. The van der Waals surface area contributed by atoms with Crippen molar-refractivity contribution in [2.24, 2.45) is 4.99 Å². The predicted molar refractivity (Wildman–Crippen MR) is 84.4 cm³/mol. The molecule has 2 nitrogen and oxygen atoms in total. The normalized spacial score (nSPS) is 17.0. The van der Waals surface area contributed by atoms with Crippen molar-refractivity contribution in [3.05, 3.63) is 54.5 Å². The molecule has 95 valence electrons. The van der Waals surface area contributed by atoms with E-state index in [1.807, 2.05) is 0 Å². The fourth-order valence-corrected chi connectivity index (χ4v) is 3.37. The van der Waals surface area contributed by atoms with Gasteiger partial charge in [-0.2, -0.15) is 0 Å². The summed E-state index contributed by atoms with van der Waals surface area (Å²) in [5, 5.41) is 2.54. The maximum atomic E-state index is 4.86. The molecule has 0 spiro atoms. The molecule has 3 aromatic rings. The molecular formula is C18H13N2. The lowest BCUT2D eigenvalue weighted by atomic mass is 9.93. The zero-order valence-electron chi connectivity index (χ0n) is 11.0. The van der Waals surface area contributed by atoms with Crippen LogP contribution in [0.5, 0.6) is 0 Å². The number of aliphatic imine (C=N–C) groups is 1. The smallest absolute Gasteiger partial charge is 0.0953 e. The van der Waals surface area contributed by atoms with Gasteiger partial charge < -0.3 is 4.98 Å². The number of allylic oxidation sites excluding steroid dienone is 2. The van der Waals surface area contributed by atoms with Crippen LogP contribution < -0.4 is 0 Å². The van der Waals surface area contributed by atoms with Crippen LogP contribution in [0.3, 0.4) is 0 Å². The molecule has 2 heteroatoms. The van der Waals surface area contributed by atoms with E-state index in [1.54, 1.807) is 0 Å². The number of nitrogens with one attached hydrogen (secondary N) is 1. The maximum absolute atomic E-state index is 4.86. The Balaban J connectivity index is 1.92. The summed E-state index contributed by atoms with van der Waals surface area (Å²) in [6.45, 7) is 0. The van der Waals surface area contributed by atoms with Crippen molar-refractivity contribution in [3.63, 3.8) is 0 Å². The molecule has 1 aromatic heterocycles. The van der Waals surface area contributed by atoms with E-state index in [9.17, 15) is 0 Å². The van der Waals surface area contributed by atoms with Gasteiger partial charge in [-0.1, -0.05) is 36.4 Å². The summed E-state index contributed by atoms with van der Waals surface area (Å²) >= 11 is 0. The van der Waals surface area contributed by atoms with Crippen LogP contribution in [-0.2, 0) is 0 Å². The minimum atomic E-state index is 1.10. The quantitative estimate of drug-likeness (QED) is 0.600. The molecule has 1 radical (unpaired) electrons. The van der Waals surface area contributed by atoms with Crippen molar-refractivity contribution < 1.29 is 0 Å². The van der Waals surface area contributed by atoms with Crippen molar-refractivity contribution in [2.45, 2.75) is 12.8 Å². The number of H-pyrrole nitrogens is 1. The fraction of sp³-hybridized carbons (Fsp3) is 0.111. The van der Waals surface area contributed by atoms with Gasteiger partial charge in [-0.3, -0.25) is 0 Å². The number of nitrogens with zero attached hydrogens (tertiary/aromatic N) is 1. The van der Waals surface area contributed by atoms with E-state index in [1.165, 1.54) is 32.9 Å². The minimum Gasteiger partial charge on any atom is -0.353 e. The first-order valence-corrected chi connectivity index (χ1v) is 7.08. The van der Waals surface area contributed by atoms with Crippen molar-refractivity contribution in [2.75, 3.05) is 0 Å². The third-order valence-corrected chi connectivity index (χ3v) is 4.31. The van der Waals surface area contributed by atoms with Gasteiger partial charge in [-0.15, -0.1) is 0 Å². The van der Waals surface area contributed by atoms with Crippen LogP contribution in [0.2, 0.25) is 0 Å². The second-order valence-corrected chi connectivity index (χ2v) is 5.45. The zero-order valence-corrected chi connectivity index (χ0v) is 11.0. The highest BCUT2D eigenvalue weighted by Gasteiger charge is 2.25. The van der Waals surface area contributed by atoms with E-state index in [0.29, 0.717) is 0 Å².